The van der Waals surface area contributed by atoms with Gasteiger partial charge in [0.25, 0.3) is 5.91 Å². The average Bonchev–Trinajstić information content (AvgIpc) is 3.27. The van der Waals surface area contributed by atoms with Crippen LogP contribution in [-0.2, 0) is 4.79 Å². The number of carbonyl (C=O) groups excluding carboxylic acids is 2. The van der Waals surface area contributed by atoms with Crippen LogP contribution in [0.25, 0.3) is 11.1 Å². The van der Waals surface area contributed by atoms with Crippen molar-refractivity contribution in [2.24, 2.45) is 0 Å². The van der Waals surface area contributed by atoms with Crippen molar-refractivity contribution in [3.05, 3.63) is 42.2 Å². The third-order valence-electron chi connectivity index (χ3n) is 4.14. The van der Waals surface area contributed by atoms with Gasteiger partial charge in [-0.25, -0.2) is 0 Å². The van der Waals surface area contributed by atoms with Gasteiger partial charge in [-0.05, 0) is 30.5 Å². The fourth-order valence-corrected chi connectivity index (χ4v) is 2.78. The van der Waals surface area contributed by atoms with Crippen LogP contribution in [0.2, 0.25) is 0 Å². The van der Waals surface area contributed by atoms with Gasteiger partial charge in [0.05, 0.1) is 12.7 Å². The summed E-state index contributed by atoms with van der Waals surface area (Å²) < 4.78 is 0. The van der Waals surface area contributed by atoms with Crippen molar-refractivity contribution >= 4 is 11.8 Å². The van der Waals surface area contributed by atoms with Crippen LogP contribution in [0.4, 0.5) is 0 Å². The Morgan fingerprint density at radius 1 is 1.17 bits per heavy atom. The van der Waals surface area contributed by atoms with Crippen molar-refractivity contribution in [2.45, 2.75) is 12.8 Å². The van der Waals surface area contributed by atoms with Crippen LogP contribution < -0.4 is 0 Å². The maximum Gasteiger partial charge on any atom is 0.254 e. The van der Waals surface area contributed by atoms with E-state index in [1.54, 1.807) is 31.6 Å². The van der Waals surface area contributed by atoms with E-state index in [-0.39, 0.29) is 18.4 Å². The normalized spacial score (nSPS) is 14.0. The van der Waals surface area contributed by atoms with Gasteiger partial charge >= 0.3 is 0 Å². The highest BCUT2D eigenvalue weighted by Crippen LogP contribution is 2.18. The summed E-state index contributed by atoms with van der Waals surface area (Å²) in [7, 11) is 1.67. The van der Waals surface area contributed by atoms with E-state index in [0.29, 0.717) is 5.56 Å². The molecule has 1 fully saturated rings. The minimum absolute atomic E-state index is 0.0216. The van der Waals surface area contributed by atoms with Gasteiger partial charge in [0.2, 0.25) is 5.91 Å². The van der Waals surface area contributed by atoms with Crippen LogP contribution in [0.5, 0.6) is 0 Å². The summed E-state index contributed by atoms with van der Waals surface area (Å²) in [5.41, 5.74) is 2.54. The van der Waals surface area contributed by atoms with E-state index >= 15 is 0 Å². The number of aromatic amines is 1. The predicted molar refractivity (Wildman–Crippen MR) is 86.8 cm³/mol. The number of H-pyrrole nitrogens is 1. The number of amides is 2. The Labute approximate surface area is 135 Å². The highest BCUT2D eigenvalue weighted by atomic mass is 16.2. The summed E-state index contributed by atoms with van der Waals surface area (Å²) in [6, 6.07) is 7.32. The van der Waals surface area contributed by atoms with E-state index in [4.69, 9.17) is 0 Å². The highest BCUT2D eigenvalue weighted by molar-refractivity contribution is 5.96. The third kappa shape index (κ3) is 3.41. The lowest BCUT2D eigenvalue weighted by molar-refractivity contribution is -0.130. The standard InChI is InChI=1S/C17H20N4O2/c1-20(12-16(22)21-8-2-3-9-21)17(23)14-6-4-13(5-7-14)15-10-18-19-11-15/h4-7,10-11H,2-3,8-9,12H2,1H3,(H,18,19). The summed E-state index contributed by atoms with van der Waals surface area (Å²) in [5, 5.41) is 6.68. The Hall–Kier alpha value is -2.63. The van der Waals surface area contributed by atoms with Gasteiger partial charge in [-0.3, -0.25) is 14.7 Å². The first-order chi connectivity index (χ1) is 11.1. The van der Waals surface area contributed by atoms with Gasteiger partial charge in [0.15, 0.2) is 0 Å². The zero-order chi connectivity index (χ0) is 16.2. The Morgan fingerprint density at radius 2 is 1.87 bits per heavy atom. The molecule has 2 aromatic rings. The largest absolute Gasteiger partial charge is 0.341 e. The van der Waals surface area contributed by atoms with Gasteiger partial charge in [-0.15, -0.1) is 0 Å². The van der Waals surface area contributed by atoms with Crippen LogP contribution in [0.15, 0.2) is 36.7 Å². The van der Waals surface area contributed by atoms with Crippen molar-refractivity contribution in [1.29, 1.82) is 0 Å². The maximum atomic E-state index is 12.4. The molecular weight excluding hydrogens is 292 g/mol. The molecule has 6 nitrogen and oxygen atoms in total. The van der Waals surface area contributed by atoms with E-state index in [1.165, 1.54) is 4.90 Å². The lowest BCUT2D eigenvalue weighted by Gasteiger charge is -2.21. The molecule has 1 saturated heterocycles. The number of carbonyl (C=O) groups is 2. The molecule has 0 unspecified atom stereocenters. The van der Waals surface area contributed by atoms with E-state index in [9.17, 15) is 9.59 Å². The molecule has 23 heavy (non-hydrogen) atoms. The first-order valence-corrected chi connectivity index (χ1v) is 7.77. The van der Waals surface area contributed by atoms with E-state index in [2.05, 4.69) is 10.2 Å². The zero-order valence-corrected chi connectivity index (χ0v) is 13.2. The zero-order valence-electron chi connectivity index (χ0n) is 13.2. The number of likely N-dealkylation sites (tertiary alicyclic amines) is 1. The van der Waals surface area contributed by atoms with Crippen molar-refractivity contribution < 1.29 is 9.59 Å². The highest BCUT2D eigenvalue weighted by Gasteiger charge is 2.21. The number of nitrogens with one attached hydrogen (secondary N) is 1. The lowest BCUT2D eigenvalue weighted by Crippen LogP contribution is -2.39. The number of hydrogen-bond acceptors (Lipinski definition) is 3. The molecule has 0 spiro atoms. The minimum atomic E-state index is -0.142. The molecule has 1 aliphatic heterocycles. The number of benzene rings is 1. The van der Waals surface area contributed by atoms with Crippen LogP contribution >= 0.6 is 0 Å². The number of nitrogens with zero attached hydrogens (tertiary/aromatic N) is 3. The molecule has 0 aliphatic carbocycles. The Kier molecular flexibility index (Phi) is 4.41. The predicted octanol–water partition coefficient (Wildman–Crippen LogP) is 1.77. The molecule has 2 amide bonds. The van der Waals surface area contributed by atoms with E-state index in [0.717, 1.165) is 37.1 Å². The number of aromatic nitrogens is 2. The monoisotopic (exact) mass is 312 g/mol. The fourth-order valence-electron chi connectivity index (χ4n) is 2.78. The van der Waals surface area contributed by atoms with Crippen molar-refractivity contribution in [3.63, 3.8) is 0 Å². The summed E-state index contributed by atoms with van der Waals surface area (Å²) >= 11 is 0. The van der Waals surface area contributed by atoms with E-state index < -0.39 is 0 Å². The lowest BCUT2D eigenvalue weighted by atomic mass is 10.1. The first-order valence-electron chi connectivity index (χ1n) is 7.77. The van der Waals surface area contributed by atoms with E-state index in [1.807, 2.05) is 17.0 Å². The molecule has 0 atom stereocenters. The van der Waals surface area contributed by atoms with Gasteiger partial charge in [0, 0.05) is 37.5 Å². The molecular formula is C17H20N4O2. The summed E-state index contributed by atoms with van der Waals surface area (Å²) in [6.45, 7) is 1.74. The van der Waals surface area contributed by atoms with Crippen LogP contribution in [0.1, 0.15) is 23.2 Å². The topological polar surface area (TPSA) is 69.3 Å². The number of hydrogen-bond donors (Lipinski definition) is 1. The average molecular weight is 312 g/mol. The quantitative estimate of drug-likeness (QED) is 0.935. The third-order valence-corrected chi connectivity index (χ3v) is 4.14. The minimum Gasteiger partial charge on any atom is -0.341 e. The van der Waals surface area contributed by atoms with Gasteiger partial charge in [-0.2, -0.15) is 5.10 Å². The Balaban J connectivity index is 1.63. The van der Waals surface area contributed by atoms with Gasteiger partial charge < -0.3 is 9.80 Å². The number of rotatable bonds is 4. The molecule has 1 N–H and O–H groups in total. The second kappa shape index (κ2) is 6.64. The molecule has 6 heteroatoms. The molecule has 1 aromatic heterocycles. The molecule has 3 rings (SSSR count). The Bertz CT molecular complexity index is 673. The molecule has 1 aromatic carbocycles. The van der Waals surface area contributed by atoms with Crippen molar-refractivity contribution in [3.8, 4) is 11.1 Å². The molecule has 1 aliphatic rings. The molecule has 2 heterocycles. The SMILES string of the molecule is CN(CC(=O)N1CCCC1)C(=O)c1ccc(-c2cn[nH]c2)cc1. The second-order valence-electron chi connectivity index (χ2n) is 5.81. The number of likely N-dealkylation sites (N-methyl/N-ethyl adjacent to an activating group) is 1. The fraction of sp³-hybridized carbons (Fsp3) is 0.353. The second-order valence-corrected chi connectivity index (χ2v) is 5.81. The smallest absolute Gasteiger partial charge is 0.254 e. The van der Waals surface area contributed by atoms with Crippen LogP contribution in [0.3, 0.4) is 0 Å². The summed E-state index contributed by atoms with van der Waals surface area (Å²) in [4.78, 5) is 27.9. The molecule has 120 valence electrons. The maximum absolute atomic E-state index is 12.4. The van der Waals surface area contributed by atoms with Crippen LogP contribution in [0, 0.1) is 0 Å². The summed E-state index contributed by atoms with van der Waals surface area (Å²) in [5.74, 6) is -0.121. The Morgan fingerprint density at radius 3 is 2.48 bits per heavy atom. The molecule has 0 bridgehead atoms. The first kappa shape index (κ1) is 15.3. The molecule has 0 saturated carbocycles. The van der Waals surface area contributed by atoms with Gasteiger partial charge in [-0.1, -0.05) is 12.1 Å². The van der Waals surface area contributed by atoms with Crippen molar-refractivity contribution in [1.82, 2.24) is 20.0 Å². The van der Waals surface area contributed by atoms with Crippen LogP contribution in [-0.4, -0.2) is 58.5 Å². The molecule has 0 radical (unpaired) electrons. The van der Waals surface area contributed by atoms with Crippen molar-refractivity contribution in [2.75, 3.05) is 26.7 Å². The van der Waals surface area contributed by atoms with Gasteiger partial charge in [0.1, 0.15) is 0 Å². The summed E-state index contributed by atoms with van der Waals surface area (Å²) in [6.07, 6.45) is 5.65.